The molecule has 0 aliphatic heterocycles. The van der Waals surface area contributed by atoms with Gasteiger partial charge in [-0.15, -0.1) is 0 Å². The highest BCUT2D eigenvalue weighted by Crippen LogP contribution is 2.08. The van der Waals surface area contributed by atoms with E-state index in [9.17, 15) is 4.79 Å². The Bertz CT molecular complexity index is 503. The van der Waals surface area contributed by atoms with Gasteiger partial charge in [-0.05, 0) is 24.7 Å². The van der Waals surface area contributed by atoms with Crippen LogP contribution in [0.1, 0.15) is 15.9 Å². The first-order valence-electron chi connectivity index (χ1n) is 4.84. The monoisotopic (exact) mass is 232 g/mol. The molecule has 1 aromatic carbocycles. The van der Waals surface area contributed by atoms with Gasteiger partial charge in [0.05, 0.1) is 6.26 Å². The van der Waals surface area contributed by atoms with Crippen molar-refractivity contribution in [3.63, 3.8) is 0 Å². The molecule has 1 aromatic heterocycles. The van der Waals surface area contributed by atoms with E-state index >= 15 is 0 Å². The predicted molar refractivity (Wildman–Crippen MR) is 62.5 cm³/mol. The third kappa shape index (κ3) is 1.96. The summed E-state index contributed by atoms with van der Waals surface area (Å²) in [5, 5.41) is 0.295. The molecule has 0 fully saturated rings. The molecule has 0 radical (unpaired) electrons. The van der Waals surface area contributed by atoms with Crippen molar-refractivity contribution in [3.05, 3.63) is 47.3 Å². The summed E-state index contributed by atoms with van der Waals surface area (Å²) in [6.07, 6.45) is 1.71. The summed E-state index contributed by atoms with van der Waals surface area (Å²) < 4.78 is 5.39. The molecule has 1 heterocycles. The Morgan fingerprint density at radius 2 is 2.07 bits per heavy atom. The van der Waals surface area contributed by atoms with Crippen molar-refractivity contribution < 1.29 is 8.89 Å². The van der Waals surface area contributed by atoms with Gasteiger partial charge in [0.25, 0.3) is 0 Å². The number of hydrogen-bond donors (Lipinski definition) is 0. The quantitative estimate of drug-likeness (QED) is 0.740. The zero-order valence-corrected chi connectivity index (χ0v) is 10.8. The number of carbonyl (C=O) groups excluding carboxylic acids is 1. The van der Waals surface area contributed by atoms with Crippen molar-refractivity contribution in [1.82, 2.24) is 0 Å². The fourth-order valence-electron chi connectivity index (χ4n) is 1.59. The Kier molecular flexibility index (Phi) is 2.88. The van der Waals surface area contributed by atoms with Crippen LogP contribution in [0.15, 0.2) is 40.3 Å². The van der Waals surface area contributed by atoms with Gasteiger partial charge in [0.2, 0.25) is 8.15 Å². The molecule has 76 valence electrons. The second kappa shape index (κ2) is 4.16. The molecular weight excluding hydrogens is 220 g/mol. The van der Waals surface area contributed by atoms with E-state index in [2.05, 4.69) is 6.55 Å². The maximum absolute atomic E-state index is 12.2. The van der Waals surface area contributed by atoms with E-state index in [1.165, 1.54) is 0 Å². The first-order chi connectivity index (χ1) is 7.20. The third-order valence-corrected chi connectivity index (χ3v) is 8.78. The van der Waals surface area contributed by atoms with Gasteiger partial charge in [-0.2, -0.15) is 0 Å². The minimum atomic E-state index is -1.08. The molecule has 0 bridgehead atoms. The lowest BCUT2D eigenvalue weighted by atomic mass is 10.1. The fourth-order valence-corrected chi connectivity index (χ4v) is 6.47. The van der Waals surface area contributed by atoms with Crippen LogP contribution in [-0.4, -0.2) is 21.5 Å². The van der Waals surface area contributed by atoms with Gasteiger partial charge in [-0.25, -0.2) is 0 Å². The van der Waals surface area contributed by atoms with E-state index in [0.717, 1.165) is 11.1 Å². The molecule has 0 spiro atoms. The molecule has 0 atom stereocenters. The summed E-state index contributed by atoms with van der Waals surface area (Å²) in [7, 11) is -2.00. The molecule has 0 aliphatic carbocycles. The summed E-state index contributed by atoms with van der Waals surface area (Å²) in [4.78, 5) is 12.2. The second-order valence-corrected chi connectivity index (χ2v) is 10.2. The van der Waals surface area contributed by atoms with Crippen molar-refractivity contribution in [2.75, 3.05) is 0 Å². The predicted octanol–water partition coefficient (Wildman–Crippen LogP) is 1.86. The average Bonchev–Trinajstić information content (AvgIpc) is 2.64. The van der Waals surface area contributed by atoms with Crippen molar-refractivity contribution in [2.24, 2.45) is 6.55 Å². The van der Waals surface area contributed by atoms with Crippen molar-refractivity contribution in [3.8, 4) is 0 Å². The fraction of sp³-hybridized carbons (Fsp3) is 0.182. The van der Waals surface area contributed by atoms with Crippen LogP contribution in [-0.2, 0) is 6.55 Å². The van der Waals surface area contributed by atoms with Crippen LogP contribution in [0.2, 0.25) is 0 Å². The lowest BCUT2D eigenvalue weighted by Gasteiger charge is -2.02. The van der Waals surface area contributed by atoms with Crippen LogP contribution >= 0.6 is 0 Å². The minimum absolute atomic E-state index is 0.295. The Hall–Kier alpha value is -1.14. The van der Waals surface area contributed by atoms with Gasteiger partial charge in [0.15, 0.2) is 13.3 Å². The van der Waals surface area contributed by atoms with Gasteiger partial charge < -0.3 is 4.10 Å². The highest BCUT2D eigenvalue weighted by molar-refractivity contribution is 7.15. The van der Waals surface area contributed by atoms with Gasteiger partial charge in [0.1, 0.15) is 0 Å². The standard InChI is InChI=1S/C11H12O2Si2/c1-9-5-3-4-6-10(9)11(12)15-8-7-13-14(15)2/h3-8H,1-2H3. The van der Waals surface area contributed by atoms with E-state index in [1.807, 2.05) is 36.9 Å². The molecular formula is C11H12O2Si2. The number of carbonyl (C=O) groups is 1. The summed E-state index contributed by atoms with van der Waals surface area (Å²) >= 11 is 0. The Balaban J connectivity index is 2.46. The maximum Gasteiger partial charge on any atom is 0.218 e. The van der Waals surface area contributed by atoms with Gasteiger partial charge >= 0.3 is 0 Å². The van der Waals surface area contributed by atoms with Crippen molar-refractivity contribution in [1.29, 1.82) is 0 Å². The topological polar surface area (TPSA) is 30.2 Å². The molecule has 0 unspecified atom stereocenters. The van der Waals surface area contributed by atoms with Gasteiger partial charge in [0, 0.05) is 5.56 Å². The average molecular weight is 232 g/mol. The molecule has 15 heavy (non-hydrogen) atoms. The van der Waals surface area contributed by atoms with Crippen LogP contribution < -0.4 is 0 Å². The van der Waals surface area contributed by atoms with E-state index in [0.29, 0.717) is 5.41 Å². The lowest BCUT2D eigenvalue weighted by Crippen LogP contribution is -2.21. The van der Waals surface area contributed by atoms with E-state index in [1.54, 1.807) is 6.26 Å². The van der Waals surface area contributed by atoms with Gasteiger partial charge in [-0.3, -0.25) is 4.79 Å². The highest BCUT2D eigenvalue weighted by Gasteiger charge is 2.16. The molecule has 0 saturated carbocycles. The number of rotatable bonds is 2. The number of hydrogen-bond acceptors (Lipinski definition) is 2. The summed E-state index contributed by atoms with van der Waals surface area (Å²) in [6, 6.07) is 7.78. The minimum Gasteiger partial charge on any atom is -0.528 e. The van der Waals surface area contributed by atoms with E-state index in [4.69, 9.17) is 4.10 Å². The first kappa shape index (κ1) is 10.4. The molecule has 2 nitrogen and oxygen atoms in total. The molecule has 2 rings (SSSR count). The SMILES string of the molecule is Cc1ccccc1C(=O)[si]1cco[si]1C. The van der Waals surface area contributed by atoms with Crippen molar-refractivity contribution >= 4 is 21.5 Å². The lowest BCUT2D eigenvalue weighted by molar-refractivity contribution is 0.107. The molecule has 0 saturated heterocycles. The van der Waals surface area contributed by atoms with Crippen molar-refractivity contribution in [2.45, 2.75) is 6.92 Å². The van der Waals surface area contributed by atoms with Crippen LogP contribution in [0.3, 0.4) is 0 Å². The zero-order chi connectivity index (χ0) is 10.8. The molecule has 2 aromatic rings. The molecule has 0 aliphatic rings. The number of benzene rings is 1. The Morgan fingerprint density at radius 1 is 1.33 bits per heavy atom. The Morgan fingerprint density at radius 3 is 2.67 bits per heavy atom. The largest absolute Gasteiger partial charge is 0.528 e. The van der Waals surface area contributed by atoms with Gasteiger partial charge in [-0.1, -0.05) is 24.3 Å². The van der Waals surface area contributed by atoms with E-state index < -0.39 is 16.1 Å². The molecule has 0 N–H and O–H groups in total. The highest BCUT2D eigenvalue weighted by atomic mass is 29.0. The van der Waals surface area contributed by atoms with Crippen LogP contribution in [0.5, 0.6) is 0 Å². The summed E-state index contributed by atoms with van der Waals surface area (Å²) in [5.41, 5.74) is 3.91. The third-order valence-electron chi connectivity index (χ3n) is 2.49. The maximum atomic E-state index is 12.2. The molecule has 0 amide bonds. The normalized spacial score (nSPS) is 10.3. The summed E-state index contributed by atoms with van der Waals surface area (Å²) in [6.45, 7) is 4.05. The van der Waals surface area contributed by atoms with E-state index in [-0.39, 0.29) is 0 Å². The van der Waals surface area contributed by atoms with Crippen LogP contribution in [0.4, 0.5) is 0 Å². The first-order valence-corrected chi connectivity index (χ1v) is 9.33. The molecule has 4 heteroatoms. The Labute approximate surface area is 91.5 Å². The van der Waals surface area contributed by atoms with Crippen LogP contribution in [0, 0.1) is 6.92 Å². The summed E-state index contributed by atoms with van der Waals surface area (Å²) in [5.74, 6) is 0. The second-order valence-electron chi connectivity index (χ2n) is 3.53. The number of aryl methyl sites for hydroxylation is 2. The van der Waals surface area contributed by atoms with Crippen LogP contribution in [0.25, 0.3) is 0 Å². The smallest absolute Gasteiger partial charge is 0.218 e. The zero-order valence-electron chi connectivity index (χ0n) is 8.78.